The number of hydrogen-bond acceptors (Lipinski definition) is 2. The summed E-state index contributed by atoms with van der Waals surface area (Å²) in [5.41, 5.74) is 3.44. The van der Waals surface area contributed by atoms with Gasteiger partial charge in [-0.15, -0.1) is 0 Å². The SMILES string of the molecule is O=C(/C=C/c1cccnc1)NCCC(c1ccccc1)c1ccccc1. The lowest BCUT2D eigenvalue weighted by molar-refractivity contribution is -0.116. The van der Waals surface area contributed by atoms with Gasteiger partial charge in [-0.1, -0.05) is 66.7 Å². The van der Waals surface area contributed by atoms with Crippen LogP contribution in [0.4, 0.5) is 0 Å². The zero-order chi connectivity index (χ0) is 18.0. The highest BCUT2D eigenvalue weighted by molar-refractivity contribution is 5.91. The highest BCUT2D eigenvalue weighted by Crippen LogP contribution is 2.27. The zero-order valence-electron chi connectivity index (χ0n) is 14.6. The molecule has 26 heavy (non-hydrogen) atoms. The molecule has 0 unspecified atom stereocenters. The summed E-state index contributed by atoms with van der Waals surface area (Å²) in [4.78, 5) is 16.1. The monoisotopic (exact) mass is 342 g/mol. The molecular formula is C23H22N2O. The second-order valence-corrected chi connectivity index (χ2v) is 6.07. The first-order valence-corrected chi connectivity index (χ1v) is 8.79. The van der Waals surface area contributed by atoms with Crippen LogP contribution in [-0.2, 0) is 4.79 Å². The Hall–Kier alpha value is -3.20. The summed E-state index contributed by atoms with van der Waals surface area (Å²) in [7, 11) is 0. The summed E-state index contributed by atoms with van der Waals surface area (Å²) < 4.78 is 0. The van der Waals surface area contributed by atoms with E-state index < -0.39 is 0 Å². The number of rotatable bonds is 7. The highest BCUT2D eigenvalue weighted by atomic mass is 16.1. The van der Waals surface area contributed by atoms with Gasteiger partial charge in [0.05, 0.1) is 0 Å². The lowest BCUT2D eigenvalue weighted by Crippen LogP contribution is -2.23. The van der Waals surface area contributed by atoms with E-state index in [0.717, 1.165) is 12.0 Å². The number of nitrogens with one attached hydrogen (secondary N) is 1. The van der Waals surface area contributed by atoms with Crippen LogP contribution in [0.1, 0.15) is 29.0 Å². The zero-order valence-corrected chi connectivity index (χ0v) is 14.6. The third kappa shape index (κ3) is 5.15. The van der Waals surface area contributed by atoms with Gasteiger partial charge in [-0.05, 0) is 35.3 Å². The molecule has 3 rings (SSSR count). The minimum atomic E-state index is -0.0891. The summed E-state index contributed by atoms with van der Waals surface area (Å²) in [5, 5.41) is 2.98. The van der Waals surface area contributed by atoms with Crippen LogP contribution in [0, 0.1) is 0 Å². The fourth-order valence-electron chi connectivity index (χ4n) is 2.94. The van der Waals surface area contributed by atoms with Gasteiger partial charge in [0.1, 0.15) is 0 Å². The van der Waals surface area contributed by atoms with Crippen molar-refractivity contribution in [2.24, 2.45) is 0 Å². The lowest BCUT2D eigenvalue weighted by Gasteiger charge is -2.18. The fourth-order valence-corrected chi connectivity index (χ4v) is 2.94. The molecule has 0 aliphatic heterocycles. The first-order chi connectivity index (χ1) is 12.8. The smallest absolute Gasteiger partial charge is 0.244 e. The van der Waals surface area contributed by atoms with Crippen molar-refractivity contribution in [3.8, 4) is 0 Å². The molecule has 1 amide bonds. The molecule has 1 N–H and O–H groups in total. The summed E-state index contributed by atoms with van der Waals surface area (Å²) in [5.74, 6) is 0.175. The minimum Gasteiger partial charge on any atom is -0.353 e. The van der Waals surface area contributed by atoms with Gasteiger partial charge in [0.2, 0.25) is 5.91 Å². The van der Waals surface area contributed by atoms with Crippen LogP contribution in [0.25, 0.3) is 6.08 Å². The van der Waals surface area contributed by atoms with E-state index in [0.29, 0.717) is 6.54 Å². The minimum absolute atomic E-state index is 0.0891. The van der Waals surface area contributed by atoms with Crippen LogP contribution >= 0.6 is 0 Å². The summed E-state index contributed by atoms with van der Waals surface area (Å²) in [6.07, 6.45) is 7.61. The molecular weight excluding hydrogens is 320 g/mol. The van der Waals surface area contributed by atoms with Gasteiger partial charge in [0.15, 0.2) is 0 Å². The van der Waals surface area contributed by atoms with Crippen molar-refractivity contribution in [2.75, 3.05) is 6.54 Å². The summed E-state index contributed by atoms with van der Waals surface area (Å²) in [6, 6.07) is 24.6. The highest BCUT2D eigenvalue weighted by Gasteiger charge is 2.13. The molecule has 0 bridgehead atoms. The van der Waals surface area contributed by atoms with E-state index in [2.05, 4.69) is 58.8 Å². The fraction of sp³-hybridized carbons (Fsp3) is 0.130. The van der Waals surface area contributed by atoms with E-state index in [1.54, 1.807) is 24.5 Å². The molecule has 0 saturated carbocycles. The van der Waals surface area contributed by atoms with Crippen molar-refractivity contribution in [2.45, 2.75) is 12.3 Å². The maximum Gasteiger partial charge on any atom is 0.244 e. The van der Waals surface area contributed by atoms with Crippen molar-refractivity contribution in [1.82, 2.24) is 10.3 Å². The summed E-state index contributed by atoms with van der Waals surface area (Å²) >= 11 is 0. The van der Waals surface area contributed by atoms with Crippen LogP contribution in [0.15, 0.2) is 91.3 Å². The quantitative estimate of drug-likeness (QED) is 0.645. The number of amides is 1. The molecule has 130 valence electrons. The first kappa shape index (κ1) is 17.6. The van der Waals surface area contributed by atoms with Crippen molar-refractivity contribution in [1.29, 1.82) is 0 Å². The Morgan fingerprint density at radius 2 is 1.58 bits per heavy atom. The third-order valence-electron chi connectivity index (χ3n) is 4.25. The maximum atomic E-state index is 12.1. The molecule has 1 aromatic heterocycles. The average Bonchev–Trinajstić information content (AvgIpc) is 2.72. The molecule has 0 fully saturated rings. The van der Waals surface area contributed by atoms with Crippen LogP contribution in [0.3, 0.4) is 0 Å². The molecule has 3 aromatic rings. The van der Waals surface area contributed by atoms with E-state index in [-0.39, 0.29) is 11.8 Å². The largest absolute Gasteiger partial charge is 0.353 e. The molecule has 0 aliphatic carbocycles. The van der Waals surface area contributed by atoms with Crippen molar-refractivity contribution in [3.05, 3.63) is 108 Å². The van der Waals surface area contributed by atoms with Crippen LogP contribution in [-0.4, -0.2) is 17.4 Å². The van der Waals surface area contributed by atoms with Gasteiger partial charge in [0.25, 0.3) is 0 Å². The number of nitrogens with zero attached hydrogens (tertiary/aromatic N) is 1. The average molecular weight is 342 g/mol. The lowest BCUT2D eigenvalue weighted by atomic mass is 9.88. The van der Waals surface area contributed by atoms with E-state index >= 15 is 0 Å². The predicted molar refractivity (Wildman–Crippen MR) is 106 cm³/mol. The number of carbonyl (C=O) groups excluding carboxylic acids is 1. The van der Waals surface area contributed by atoms with E-state index in [1.807, 2.05) is 24.3 Å². The number of hydrogen-bond donors (Lipinski definition) is 1. The van der Waals surface area contributed by atoms with Crippen LogP contribution < -0.4 is 5.32 Å². The van der Waals surface area contributed by atoms with Gasteiger partial charge in [-0.3, -0.25) is 9.78 Å². The number of carbonyl (C=O) groups is 1. The van der Waals surface area contributed by atoms with E-state index in [1.165, 1.54) is 11.1 Å². The molecule has 2 aromatic carbocycles. The van der Waals surface area contributed by atoms with Crippen LogP contribution in [0.2, 0.25) is 0 Å². The standard InChI is InChI=1S/C23H22N2O/c26-23(14-13-19-8-7-16-24-18-19)25-17-15-22(20-9-3-1-4-10-20)21-11-5-2-6-12-21/h1-14,16,18,22H,15,17H2,(H,25,26)/b14-13+. The Bertz CT molecular complexity index is 790. The van der Waals surface area contributed by atoms with Gasteiger partial charge >= 0.3 is 0 Å². The molecule has 0 atom stereocenters. The van der Waals surface area contributed by atoms with E-state index in [4.69, 9.17) is 0 Å². The number of pyridine rings is 1. The third-order valence-corrected chi connectivity index (χ3v) is 4.25. The molecule has 0 spiro atoms. The normalized spacial score (nSPS) is 11.0. The Kier molecular flexibility index (Phi) is 6.32. The van der Waals surface area contributed by atoms with Crippen LogP contribution in [0.5, 0.6) is 0 Å². The number of benzene rings is 2. The molecule has 3 heteroatoms. The molecule has 0 radical (unpaired) electrons. The molecule has 0 saturated heterocycles. The molecule has 3 nitrogen and oxygen atoms in total. The second-order valence-electron chi connectivity index (χ2n) is 6.07. The predicted octanol–water partition coefficient (Wildman–Crippen LogP) is 4.43. The molecule has 1 heterocycles. The Labute approximate surface area is 154 Å². The van der Waals surface area contributed by atoms with Crippen molar-refractivity contribution in [3.63, 3.8) is 0 Å². The van der Waals surface area contributed by atoms with Gasteiger partial charge < -0.3 is 5.32 Å². The van der Waals surface area contributed by atoms with E-state index in [9.17, 15) is 4.79 Å². The first-order valence-electron chi connectivity index (χ1n) is 8.79. The topological polar surface area (TPSA) is 42.0 Å². The molecule has 0 aliphatic rings. The van der Waals surface area contributed by atoms with Gasteiger partial charge in [-0.25, -0.2) is 0 Å². The second kappa shape index (κ2) is 9.33. The summed E-state index contributed by atoms with van der Waals surface area (Å²) in [6.45, 7) is 0.616. The van der Waals surface area contributed by atoms with Crippen molar-refractivity contribution >= 4 is 12.0 Å². The maximum absolute atomic E-state index is 12.1. The van der Waals surface area contributed by atoms with Gasteiger partial charge in [-0.2, -0.15) is 0 Å². The Morgan fingerprint density at radius 3 is 2.15 bits per heavy atom. The van der Waals surface area contributed by atoms with Gasteiger partial charge in [0, 0.05) is 30.9 Å². The van der Waals surface area contributed by atoms with Crippen molar-refractivity contribution < 1.29 is 4.79 Å². The number of aromatic nitrogens is 1. The Morgan fingerprint density at radius 1 is 0.923 bits per heavy atom. The Balaban J connectivity index is 1.60.